The van der Waals surface area contributed by atoms with E-state index in [1.165, 1.54) is 41.7 Å². The number of aromatic nitrogens is 3. The Morgan fingerprint density at radius 1 is 1.24 bits per heavy atom. The molecule has 0 spiro atoms. The number of primary amides is 1. The predicted octanol–water partition coefficient (Wildman–Crippen LogP) is 3.87. The Labute approximate surface area is 171 Å². The van der Waals surface area contributed by atoms with Gasteiger partial charge in [-0.2, -0.15) is 0 Å². The summed E-state index contributed by atoms with van der Waals surface area (Å²) in [5.41, 5.74) is 6.48. The van der Waals surface area contributed by atoms with E-state index in [0.717, 1.165) is 37.3 Å². The van der Waals surface area contributed by atoms with Crippen LogP contribution in [0.3, 0.4) is 0 Å². The van der Waals surface area contributed by atoms with E-state index in [0.29, 0.717) is 6.42 Å². The number of imidazole rings is 1. The Balaban J connectivity index is 1.54. The van der Waals surface area contributed by atoms with Crippen molar-refractivity contribution in [1.29, 1.82) is 0 Å². The van der Waals surface area contributed by atoms with Crippen LogP contribution in [-0.2, 0) is 6.54 Å². The van der Waals surface area contributed by atoms with Gasteiger partial charge in [-0.1, -0.05) is 26.2 Å². The Morgan fingerprint density at radius 3 is 2.86 bits per heavy atom. The fourth-order valence-electron chi connectivity index (χ4n) is 3.39. The Bertz CT molecular complexity index is 931. The fourth-order valence-corrected chi connectivity index (χ4v) is 3.39. The minimum absolute atomic E-state index is 0.155. The molecule has 0 radical (unpaired) electrons. The normalized spacial score (nSPS) is 12.3. The third kappa shape index (κ3) is 5.60. The zero-order valence-electron chi connectivity index (χ0n) is 17.0. The SMILES string of the molecule is CCCCCCOc1ccc2ccn(CCCC(O)n3cnc(C(N)=O)c3)c2c1. The summed E-state index contributed by atoms with van der Waals surface area (Å²) in [6, 6.07) is 8.27. The monoisotopic (exact) mass is 398 g/mol. The van der Waals surface area contributed by atoms with E-state index in [2.05, 4.69) is 40.9 Å². The minimum atomic E-state index is -0.737. The van der Waals surface area contributed by atoms with Crippen LogP contribution in [0.25, 0.3) is 10.9 Å². The standard InChI is InChI=1S/C22H30N4O3/c1-2-3-4-5-13-29-18-9-8-17-10-12-25(20(17)14-18)11-6-7-21(27)26-15-19(22(23)28)24-16-26/h8-10,12,14-16,21,27H,2-7,11,13H2,1H3,(H2,23,28). The van der Waals surface area contributed by atoms with Crippen molar-refractivity contribution in [1.82, 2.24) is 14.1 Å². The number of aliphatic hydroxyl groups is 1. The maximum Gasteiger partial charge on any atom is 0.268 e. The molecular weight excluding hydrogens is 368 g/mol. The summed E-state index contributed by atoms with van der Waals surface area (Å²) in [6.45, 7) is 3.73. The molecular formula is C22H30N4O3. The first-order chi connectivity index (χ1) is 14.1. The summed E-state index contributed by atoms with van der Waals surface area (Å²) < 4.78 is 9.59. The molecule has 7 nitrogen and oxygen atoms in total. The van der Waals surface area contributed by atoms with Crippen LogP contribution >= 0.6 is 0 Å². The third-order valence-electron chi connectivity index (χ3n) is 5.07. The number of hydrogen-bond donors (Lipinski definition) is 2. The number of benzene rings is 1. The lowest BCUT2D eigenvalue weighted by atomic mass is 10.2. The Morgan fingerprint density at radius 2 is 2.10 bits per heavy atom. The predicted molar refractivity (Wildman–Crippen MR) is 113 cm³/mol. The van der Waals surface area contributed by atoms with E-state index >= 15 is 0 Å². The molecule has 0 aliphatic heterocycles. The highest BCUT2D eigenvalue weighted by molar-refractivity contribution is 5.90. The largest absolute Gasteiger partial charge is 0.494 e. The molecule has 1 unspecified atom stereocenters. The van der Waals surface area contributed by atoms with Gasteiger partial charge in [0.15, 0.2) is 0 Å². The number of ether oxygens (including phenoxy) is 1. The maximum absolute atomic E-state index is 11.1. The van der Waals surface area contributed by atoms with Crippen molar-refractivity contribution >= 4 is 16.8 Å². The van der Waals surface area contributed by atoms with Crippen molar-refractivity contribution in [3.63, 3.8) is 0 Å². The average molecular weight is 399 g/mol. The zero-order valence-corrected chi connectivity index (χ0v) is 17.0. The van der Waals surface area contributed by atoms with Gasteiger partial charge in [0, 0.05) is 25.0 Å². The molecule has 7 heteroatoms. The summed E-state index contributed by atoms with van der Waals surface area (Å²) in [5.74, 6) is 0.296. The first-order valence-electron chi connectivity index (χ1n) is 10.3. The van der Waals surface area contributed by atoms with Gasteiger partial charge < -0.3 is 24.7 Å². The van der Waals surface area contributed by atoms with E-state index in [1.54, 1.807) is 0 Å². The average Bonchev–Trinajstić information content (AvgIpc) is 3.35. The molecule has 1 aromatic carbocycles. The molecule has 1 atom stereocenters. The summed E-state index contributed by atoms with van der Waals surface area (Å²) >= 11 is 0. The molecule has 156 valence electrons. The van der Waals surface area contributed by atoms with Crippen molar-refractivity contribution < 1.29 is 14.6 Å². The Hall–Kier alpha value is -2.80. The lowest BCUT2D eigenvalue weighted by Gasteiger charge is -2.13. The smallest absolute Gasteiger partial charge is 0.268 e. The van der Waals surface area contributed by atoms with Gasteiger partial charge in [-0.15, -0.1) is 0 Å². The number of fused-ring (bicyclic) bond motifs is 1. The molecule has 2 heterocycles. The molecule has 0 aliphatic rings. The highest BCUT2D eigenvalue weighted by Gasteiger charge is 2.11. The fraction of sp³-hybridized carbons (Fsp3) is 0.455. The molecule has 0 bridgehead atoms. The van der Waals surface area contributed by atoms with Crippen molar-refractivity contribution in [3.05, 3.63) is 48.7 Å². The number of nitrogens with two attached hydrogens (primary N) is 1. The van der Waals surface area contributed by atoms with Gasteiger partial charge in [0.2, 0.25) is 0 Å². The Kier molecular flexibility index (Phi) is 7.30. The number of aliphatic hydroxyl groups excluding tert-OH is 1. The van der Waals surface area contributed by atoms with Crippen LogP contribution in [0.1, 0.15) is 62.2 Å². The number of nitrogens with zero attached hydrogens (tertiary/aromatic N) is 3. The highest BCUT2D eigenvalue weighted by atomic mass is 16.5. The van der Waals surface area contributed by atoms with E-state index in [4.69, 9.17) is 10.5 Å². The number of aryl methyl sites for hydroxylation is 1. The van der Waals surface area contributed by atoms with Crippen molar-refractivity contribution in [2.75, 3.05) is 6.61 Å². The number of carbonyl (C=O) groups is 1. The number of unbranched alkanes of at least 4 members (excludes halogenated alkanes) is 3. The van der Waals surface area contributed by atoms with Gasteiger partial charge >= 0.3 is 0 Å². The molecule has 29 heavy (non-hydrogen) atoms. The number of carbonyl (C=O) groups excluding carboxylic acids is 1. The lowest BCUT2D eigenvalue weighted by Crippen LogP contribution is -2.12. The van der Waals surface area contributed by atoms with Crippen molar-refractivity contribution in [2.24, 2.45) is 5.73 Å². The van der Waals surface area contributed by atoms with E-state index in [-0.39, 0.29) is 5.69 Å². The van der Waals surface area contributed by atoms with Gasteiger partial charge in [0.1, 0.15) is 17.7 Å². The first-order valence-corrected chi connectivity index (χ1v) is 10.3. The molecule has 0 aliphatic carbocycles. The summed E-state index contributed by atoms with van der Waals surface area (Å²) in [7, 11) is 0. The zero-order chi connectivity index (χ0) is 20.6. The van der Waals surface area contributed by atoms with Crippen LogP contribution in [0, 0.1) is 0 Å². The minimum Gasteiger partial charge on any atom is -0.494 e. The third-order valence-corrected chi connectivity index (χ3v) is 5.07. The van der Waals surface area contributed by atoms with Crippen molar-refractivity contribution in [2.45, 2.75) is 58.2 Å². The van der Waals surface area contributed by atoms with Crippen molar-refractivity contribution in [3.8, 4) is 5.75 Å². The molecule has 3 aromatic rings. The summed E-state index contributed by atoms with van der Waals surface area (Å²) in [6.07, 6.45) is 10.3. The molecule has 0 fully saturated rings. The van der Waals surface area contributed by atoms with Gasteiger partial charge in [-0.05, 0) is 42.8 Å². The van der Waals surface area contributed by atoms with Gasteiger partial charge in [0.05, 0.1) is 18.5 Å². The summed E-state index contributed by atoms with van der Waals surface area (Å²) in [4.78, 5) is 15.0. The topological polar surface area (TPSA) is 95.3 Å². The van der Waals surface area contributed by atoms with Crippen LogP contribution in [0.15, 0.2) is 43.0 Å². The van der Waals surface area contributed by atoms with Crippen LogP contribution in [-0.4, -0.2) is 31.7 Å². The van der Waals surface area contributed by atoms with Crippen LogP contribution in [0.2, 0.25) is 0 Å². The number of rotatable bonds is 12. The first kappa shape index (κ1) is 20.9. The number of hydrogen-bond acceptors (Lipinski definition) is 4. The molecule has 1 amide bonds. The quantitative estimate of drug-likeness (QED) is 0.453. The van der Waals surface area contributed by atoms with Gasteiger partial charge in [-0.3, -0.25) is 4.79 Å². The maximum atomic E-state index is 11.1. The van der Waals surface area contributed by atoms with E-state index < -0.39 is 12.1 Å². The second kappa shape index (κ2) is 10.1. The van der Waals surface area contributed by atoms with E-state index in [1.807, 2.05) is 6.07 Å². The second-order valence-electron chi connectivity index (χ2n) is 7.33. The van der Waals surface area contributed by atoms with E-state index in [9.17, 15) is 9.90 Å². The van der Waals surface area contributed by atoms with Crippen LogP contribution in [0.5, 0.6) is 5.75 Å². The molecule has 3 N–H and O–H groups in total. The van der Waals surface area contributed by atoms with Crippen LogP contribution in [0.4, 0.5) is 0 Å². The summed E-state index contributed by atoms with van der Waals surface area (Å²) in [5, 5.41) is 11.5. The van der Waals surface area contributed by atoms with Gasteiger partial charge in [-0.25, -0.2) is 4.98 Å². The highest BCUT2D eigenvalue weighted by Crippen LogP contribution is 2.23. The van der Waals surface area contributed by atoms with Crippen LogP contribution < -0.4 is 10.5 Å². The lowest BCUT2D eigenvalue weighted by molar-refractivity contribution is 0.0905. The molecule has 3 rings (SSSR count). The second-order valence-corrected chi connectivity index (χ2v) is 7.33. The molecule has 0 saturated carbocycles. The number of amides is 1. The van der Waals surface area contributed by atoms with Gasteiger partial charge in [0.25, 0.3) is 5.91 Å². The molecule has 2 aromatic heterocycles. The molecule has 0 saturated heterocycles.